The molecule has 132 valence electrons. The van der Waals surface area contributed by atoms with Gasteiger partial charge >= 0.3 is 0 Å². The summed E-state index contributed by atoms with van der Waals surface area (Å²) >= 11 is 0. The summed E-state index contributed by atoms with van der Waals surface area (Å²) in [6, 6.07) is 19.6. The summed E-state index contributed by atoms with van der Waals surface area (Å²) < 4.78 is 0. The zero-order valence-corrected chi connectivity index (χ0v) is 14.5. The summed E-state index contributed by atoms with van der Waals surface area (Å²) in [5.41, 5.74) is 1.96. The predicted molar refractivity (Wildman–Crippen MR) is 98.9 cm³/mol. The van der Waals surface area contributed by atoms with Crippen LogP contribution in [0, 0.1) is 5.92 Å². The second kappa shape index (κ2) is 8.79. The summed E-state index contributed by atoms with van der Waals surface area (Å²) in [6.45, 7) is 3.66. The van der Waals surface area contributed by atoms with Crippen LogP contribution in [0.1, 0.15) is 30.1 Å². The molecule has 2 atom stereocenters. The van der Waals surface area contributed by atoms with Crippen LogP contribution in [0.25, 0.3) is 0 Å². The molecule has 1 aliphatic rings. The van der Waals surface area contributed by atoms with Crippen molar-refractivity contribution in [1.82, 2.24) is 10.2 Å². The van der Waals surface area contributed by atoms with E-state index in [1.165, 1.54) is 5.56 Å². The Morgan fingerprint density at radius 2 is 1.80 bits per heavy atom. The summed E-state index contributed by atoms with van der Waals surface area (Å²) in [5.74, 6) is 0.121. The molecule has 0 saturated carbocycles. The van der Waals surface area contributed by atoms with Gasteiger partial charge in [0.15, 0.2) is 6.10 Å². The van der Waals surface area contributed by atoms with Gasteiger partial charge < -0.3 is 10.4 Å². The monoisotopic (exact) mass is 338 g/mol. The summed E-state index contributed by atoms with van der Waals surface area (Å²) in [7, 11) is 0. The highest BCUT2D eigenvalue weighted by Crippen LogP contribution is 2.19. The first kappa shape index (κ1) is 17.6. The largest absolute Gasteiger partial charge is 0.378 e. The van der Waals surface area contributed by atoms with Crippen LogP contribution in [-0.2, 0) is 11.3 Å². The number of piperidine rings is 1. The minimum absolute atomic E-state index is 0.314. The van der Waals surface area contributed by atoms with Crippen molar-refractivity contribution in [1.29, 1.82) is 0 Å². The van der Waals surface area contributed by atoms with Crippen molar-refractivity contribution in [3.05, 3.63) is 71.8 Å². The number of nitrogens with one attached hydrogen (secondary N) is 1. The molecular formula is C21H26N2O2. The number of amides is 1. The van der Waals surface area contributed by atoms with E-state index in [1.54, 1.807) is 12.1 Å². The lowest BCUT2D eigenvalue weighted by molar-refractivity contribution is -0.129. The Labute approximate surface area is 149 Å². The van der Waals surface area contributed by atoms with E-state index in [1.807, 2.05) is 24.3 Å². The molecule has 2 aromatic rings. The van der Waals surface area contributed by atoms with Gasteiger partial charge in [0.2, 0.25) is 0 Å². The van der Waals surface area contributed by atoms with E-state index < -0.39 is 6.10 Å². The minimum Gasteiger partial charge on any atom is -0.378 e. The molecule has 2 aromatic carbocycles. The lowest BCUT2D eigenvalue weighted by atomic mass is 9.97. The molecule has 0 spiro atoms. The fourth-order valence-electron chi connectivity index (χ4n) is 3.43. The molecular weight excluding hydrogens is 312 g/mol. The average Bonchev–Trinajstić information content (AvgIpc) is 2.67. The molecule has 0 radical (unpaired) electrons. The van der Waals surface area contributed by atoms with Crippen molar-refractivity contribution in [2.24, 2.45) is 5.92 Å². The Kier molecular flexibility index (Phi) is 6.20. The summed E-state index contributed by atoms with van der Waals surface area (Å²) in [5, 5.41) is 13.1. The maximum atomic E-state index is 12.2. The standard InChI is InChI=1S/C21H26N2O2/c24-20(19-11-5-2-6-12-19)21(25)22-14-18-10-7-13-23(16-18)15-17-8-3-1-4-9-17/h1-6,8-9,11-12,18,20,24H,7,10,13-16H2,(H,22,25)/t18-,20-/m1/s1. The Morgan fingerprint density at radius 1 is 1.12 bits per heavy atom. The van der Waals surface area contributed by atoms with Crippen LogP contribution in [0.15, 0.2) is 60.7 Å². The number of hydrogen-bond donors (Lipinski definition) is 2. The van der Waals surface area contributed by atoms with Crippen molar-refractivity contribution >= 4 is 5.91 Å². The van der Waals surface area contributed by atoms with Gasteiger partial charge in [-0.3, -0.25) is 9.69 Å². The molecule has 1 amide bonds. The highest BCUT2D eigenvalue weighted by molar-refractivity contribution is 5.81. The van der Waals surface area contributed by atoms with Gasteiger partial charge in [0.05, 0.1) is 0 Å². The molecule has 3 rings (SSSR count). The Hall–Kier alpha value is -2.17. The van der Waals surface area contributed by atoms with E-state index in [4.69, 9.17) is 0 Å². The van der Waals surface area contributed by atoms with Gasteiger partial charge in [-0.15, -0.1) is 0 Å². The Balaban J connectivity index is 1.47. The molecule has 4 nitrogen and oxygen atoms in total. The highest BCUT2D eigenvalue weighted by Gasteiger charge is 2.22. The molecule has 0 aromatic heterocycles. The topological polar surface area (TPSA) is 52.6 Å². The number of aliphatic hydroxyl groups is 1. The lowest BCUT2D eigenvalue weighted by Gasteiger charge is -2.33. The van der Waals surface area contributed by atoms with E-state index >= 15 is 0 Å². The van der Waals surface area contributed by atoms with Crippen molar-refractivity contribution in [2.45, 2.75) is 25.5 Å². The van der Waals surface area contributed by atoms with Gasteiger partial charge in [-0.1, -0.05) is 60.7 Å². The van der Waals surface area contributed by atoms with E-state index in [0.717, 1.165) is 32.5 Å². The molecule has 4 heteroatoms. The van der Waals surface area contributed by atoms with E-state index in [-0.39, 0.29) is 5.91 Å². The number of nitrogens with zero attached hydrogens (tertiary/aromatic N) is 1. The minimum atomic E-state index is -1.09. The SMILES string of the molecule is O=C(NC[C@H]1CCCN(Cc2ccccc2)C1)[C@H](O)c1ccccc1. The van der Waals surface area contributed by atoms with Crippen LogP contribution in [-0.4, -0.2) is 35.5 Å². The molecule has 2 N–H and O–H groups in total. The molecule has 0 aliphatic carbocycles. The third kappa shape index (κ3) is 5.15. The third-order valence-electron chi connectivity index (χ3n) is 4.78. The quantitative estimate of drug-likeness (QED) is 0.851. The molecule has 1 heterocycles. The maximum absolute atomic E-state index is 12.2. The van der Waals surface area contributed by atoms with Gasteiger partial charge in [-0.05, 0) is 36.4 Å². The van der Waals surface area contributed by atoms with E-state index in [0.29, 0.717) is 18.0 Å². The Morgan fingerprint density at radius 3 is 2.52 bits per heavy atom. The highest BCUT2D eigenvalue weighted by atomic mass is 16.3. The molecule has 25 heavy (non-hydrogen) atoms. The first-order valence-electron chi connectivity index (χ1n) is 8.99. The van der Waals surface area contributed by atoms with Gasteiger partial charge in [0.25, 0.3) is 5.91 Å². The molecule has 1 saturated heterocycles. The fourth-order valence-corrected chi connectivity index (χ4v) is 3.43. The van der Waals surface area contributed by atoms with E-state index in [2.05, 4.69) is 34.5 Å². The zero-order valence-electron chi connectivity index (χ0n) is 14.5. The second-order valence-corrected chi connectivity index (χ2v) is 6.79. The maximum Gasteiger partial charge on any atom is 0.253 e. The molecule has 0 bridgehead atoms. The normalized spacial score (nSPS) is 19.3. The van der Waals surface area contributed by atoms with Crippen molar-refractivity contribution in [2.75, 3.05) is 19.6 Å². The molecule has 1 fully saturated rings. The third-order valence-corrected chi connectivity index (χ3v) is 4.78. The number of hydrogen-bond acceptors (Lipinski definition) is 3. The number of rotatable bonds is 6. The van der Waals surface area contributed by atoms with Gasteiger partial charge in [-0.25, -0.2) is 0 Å². The first-order valence-corrected chi connectivity index (χ1v) is 8.99. The molecule has 0 unspecified atom stereocenters. The van der Waals surface area contributed by atoms with Gasteiger partial charge in [0, 0.05) is 19.6 Å². The smallest absolute Gasteiger partial charge is 0.253 e. The van der Waals surface area contributed by atoms with Crippen LogP contribution in [0.3, 0.4) is 0 Å². The van der Waals surface area contributed by atoms with Gasteiger partial charge in [-0.2, -0.15) is 0 Å². The van der Waals surface area contributed by atoms with Crippen LogP contribution in [0.2, 0.25) is 0 Å². The number of carbonyl (C=O) groups excluding carboxylic acids is 1. The van der Waals surface area contributed by atoms with Gasteiger partial charge in [0.1, 0.15) is 0 Å². The summed E-state index contributed by atoms with van der Waals surface area (Å²) in [6.07, 6.45) is 1.17. The predicted octanol–water partition coefficient (Wildman–Crippen LogP) is 2.75. The van der Waals surface area contributed by atoms with Crippen LogP contribution in [0.4, 0.5) is 0 Å². The number of aliphatic hydroxyl groups excluding tert-OH is 1. The first-order chi connectivity index (χ1) is 12.2. The van der Waals surface area contributed by atoms with Crippen molar-refractivity contribution < 1.29 is 9.90 Å². The number of likely N-dealkylation sites (tertiary alicyclic amines) is 1. The number of benzene rings is 2. The average molecular weight is 338 g/mol. The lowest BCUT2D eigenvalue weighted by Crippen LogP contribution is -2.41. The van der Waals surface area contributed by atoms with Crippen molar-refractivity contribution in [3.63, 3.8) is 0 Å². The fraction of sp³-hybridized carbons (Fsp3) is 0.381. The zero-order chi connectivity index (χ0) is 17.5. The Bertz CT molecular complexity index is 660. The molecule has 1 aliphatic heterocycles. The van der Waals surface area contributed by atoms with Crippen LogP contribution < -0.4 is 5.32 Å². The van der Waals surface area contributed by atoms with Crippen molar-refractivity contribution in [3.8, 4) is 0 Å². The second-order valence-electron chi connectivity index (χ2n) is 6.79. The number of carbonyl (C=O) groups is 1. The van der Waals surface area contributed by atoms with E-state index in [9.17, 15) is 9.90 Å². The summed E-state index contributed by atoms with van der Waals surface area (Å²) in [4.78, 5) is 14.6. The van der Waals surface area contributed by atoms with Crippen LogP contribution >= 0.6 is 0 Å². The van der Waals surface area contributed by atoms with Crippen LogP contribution in [0.5, 0.6) is 0 Å².